The minimum absolute atomic E-state index is 0.320. The average molecular weight is 175 g/mol. The molecule has 0 saturated carbocycles. The number of aliphatic hydroxyl groups is 1. The van der Waals surface area contributed by atoms with E-state index in [0.717, 1.165) is 39.0 Å². The molecular weight excluding hydrogens is 154 g/mol. The highest BCUT2D eigenvalue weighted by atomic mass is 16.5. The Hall–Kier alpha value is -0.120. The lowest BCUT2D eigenvalue weighted by Gasteiger charge is -2.02. The average Bonchev–Trinajstić information content (AvgIpc) is 2.10. The van der Waals surface area contributed by atoms with Crippen molar-refractivity contribution in [2.24, 2.45) is 0 Å². The third-order valence-electron chi connectivity index (χ3n) is 1.69. The van der Waals surface area contributed by atoms with Crippen LogP contribution >= 0.6 is 0 Å². The van der Waals surface area contributed by atoms with Crippen molar-refractivity contribution in [1.82, 2.24) is 5.32 Å². The van der Waals surface area contributed by atoms with Gasteiger partial charge in [0.05, 0.1) is 6.61 Å². The Balaban J connectivity index is 2.73. The van der Waals surface area contributed by atoms with Crippen molar-refractivity contribution in [3.8, 4) is 0 Å². The van der Waals surface area contributed by atoms with Crippen molar-refractivity contribution in [2.75, 3.05) is 33.4 Å². The summed E-state index contributed by atoms with van der Waals surface area (Å²) in [5.41, 5.74) is 0. The zero-order valence-electron chi connectivity index (χ0n) is 8.01. The van der Waals surface area contributed by atoms with Crippen LogP contribution in [0.5, 0.6) is 0 Å². The summed E-state index contributed by atoms with van der Waals surface area (Å²) in [5.74, 6) is 0. The summed E-state index contributed by atoms with van der Waals surface area (Å²) in [4.78, 5) is 0. The molecule has 0 aromatic heterocycles. The van der Waals surface area contributed by atoms with Gasteiger partial charge in [-0.25, -0.2) is 0 Å². The topological polar surface area (TPSA) is 41.5 Å². The van der Waals surface area contributed by atoms with Gasteiger partial charge in [0.15, 0.2) is 0 Å². The van der Waals surface area contributed by atoms with Crippen LogP contribution in [0.2, 0.25) is 0 Å². The first-order chi connectivity index (χ1) is 5.91. The number of rotatable bonds is 9. The van der Waals surface area contributed by atoms with E-state index in [9.17, 15) is 0 Å². The molecule has 12 heavy (non-hydrogen) atoms. The minimum Gasteiger partial charge on any atom is -0.396 e. The van der Waals surface area contributed by atoms with E-state index in [0.29, 0.717) is 6.61 Å². The Morgan fingerprint density at radius 1 is 1.08 bits per heavy atom. The monoisotopic (exact) mass is 175 g/mol. The second-order valence-corrected chi connectivity index (χ2v) is 2.85. The van der Waals surface area contributed by atoms with Gasteiger partial charge < -0.3 is 15.2 Å². The second-order valence-electron chi connectivity index (χ2n) is 2.85. The van der Waals surface area contributed by atoms with E-state index in [4.69, 9.17) is 9.84 Å². The van der Waals surface area contributed by atoms with Crippen molar-refractivity contribution in [3.63, 3.8) is 0 Å². The molecule has 3 nitrogen and oxygen atoms in total. The van der Waals surface area contributed by atoms with Gasteiger partial charge >= 0.3 is 0 Å². The van der Waals surface area contributed by atoms with Crippen LogP contribution in [0.3, 0.4) is 0 Å². The van der Waals surface area contributed by atoms with Crippen LogP contribution in [0, 0.1) is 0 Å². The van der Waals surface area contributed by atoms with Crippen LogP contribution in [0.4, 0.5) is 0 Å². The molecule has 0 fully saturated rings. The molecule has 0 aromatic rings. The first kappa shape index (κ1) is 11.9. The maximum atomic E-state index is 8.50. The Morgan fingerprint density at radius 2 is 1.83 bits per heavy atom. The Kier molecular flexibility index (Phi) is 10.8. The zero-order valence-corrected chi connectivity index (χ0v) is 8.01. The molecule has 0 bridgehead atoms. The Bertz CT molecular complexity index is 68.9. The molecule has 0 unspecified atom stereocenters. The van der Waals surface area contributed by atoms with E-state index in [2.05, 4.69) is 5.32 Å². The normalized spacial score (nSPS) is 10.5. The first-order valence-corrected chi connectivity index (χ1v) is 4.75. The first-order valence-electron chi connectivity index (χ1n) is 4.75. The summed E-state index contributed by atoms with van der Waals surface area (Å²) in [5, 5.41) is 11.5. The molecule has 0 atom stereocenters. The molecule has 0 radical (unpaired) electrons. The van der Waals surface area contributed by atoms with Crippen LogP contribution in [-0.2, 0) is 4.74 Å². The molecule has 0 aliphatic carbocycles. The van der Waals surface area contributed by atoms with Crippen molar-refractivity contribution in [2.45, 2.75) is 25.7 Å². The highest BCUT2D eigenvalue weighted by Gasteiger charge is 1.89. The largest absolute Gasteiger partial charge is 0.396 e. The van der Waals surface area contributed by atoms with Crippen LogP contribution in [0.15, 0.2) is 0 Å². The third-order valence-corrected chi connectivity index (χ3v) is 1.69. The van der Waals surface area contributed by atoms with Gasteiger partial charge in [0.1, 0.15) is 0 Å². The quantitative estimate of drug-likeness (QED) is 0.509. The molecule has 0 aliphatic rings. The predicted molar refractivity (Wildman–Crippen MR) is 50.3 cm³/mol. The summed E-state index contributed by atoms with van der Waals surface area (Å²) in [7, 11) is 1.92. The highest BCUT2D eigenvalue weighted by Crippen LogP contribution is 1.98. The molecule has 0 aromatic carbocycles. The molecule has 3 heteroatoms. The molecule has 0 heterocycles. The number of likely N-dealkylation sites (N-methyl/N-ethyl adjacent to an activating group) is 1. The lowest BCUT2D eigenvalue weighted by atomic mass is 10.2. The fourth-order valence-electron chi connectivity index (χ4n) is 0.946. The van der Waals surface area contributed by atoms with Crippen LogP contribution in [0.1, 0.15) is 25.7 Å². The van der Waals surface area contributed by atoms with Crippen LogP contribution < -0.4 is 5.32 Å². The smallest absolute Gasteiger partial charge is 0.0590 e. The molecule has 74 valence electrons. The molecule has 0 aliphatic heterocycles. The summed E-state index contributed by atoms with van der Waals surface area (Å²) in [6, 6.07) is 0. The number of ether oxygens (including phenoxy) is 1. The van der Waals surface area contributed by atoms with E-state index in [1.165, 1.54) is 6.42 Å². The predicted octanol–water partition coefficient (Wildman–Crippen LogP) is 0.775. The van der Waals surface area contributed by atoms with Crippen molar-refractivity contribution >= 4 is 0 Å². The maximum Gasteiger partial charge on any atom is 0.0590 e. The summed E-state index contributed by atoms with van der Waals surface area (Å²) < 4.78 is 5.33. The van der Waals surface area contributed by atoms with Crippen molar-refractivity contribution < 1.29 is 9.84 Å². The van der Waals surface area contributed by atoms with Gasteiger partial charge in [-0.2, -0.15) is 0 Å². The molecule has 0 amide bonds. The minimum atomic E-state index is 0.320. The van der Waals surface area contributed by atoms with Gasteiger partial charge in [-0.15, -0.1) is 0 Å². The highest BCUT2D eigenvalue weighted by molar-refractivity contribution is 4.42. The summed E-state index contributed by atoms with van der Waals surface area (Å²) in [6.45, 7) is 2.90. The van der Waals surface area contributed by atoms with Gasteiger partial charge in [-0.3, -0.25) is 0 Å². The second kappa shape index (κ2) is 10.9. The van der Waals surface area contributed by atoms with Crippen LogP contribution in [0.25, 0.3) is 0 Å². The van der Waals surface area contributed by atoms with Crippen LogP contribution in [-0.4, -0.2) is 38.5 Å². The number of aliphatic hydroxyl groups excluding tert-OH is 1. The fraction of sp³-hybridized carbons (Fsp3) is 1.00. The summed E-state index contributed by atoms with van der Waals surface area (Å²) >= 11 is 0. The van der Waals surface area contributed by atoms with Gasteiger partial charge in [-0.05, 0) is 19.9 Å². The number of hydrogen-bond donors (Lipinski definition) is 2. The lowest BCUT2D eigenvalue weighted by Crippen LogP contribution is -2.14. The van der Waals surface area contributed by atoms with Gasteiger partial charge in [0.25, 0.3) is 0 Å². The molecular formula is C9H21NO2. The van der Waals surface area contributed by atoms with Gasteiger partial charge in [0.2, 0.25) is 0 Å². The number of nitrogens with one attached hydrogen (secondary N) is 1. The standard InChI is InChI=1S/C9H21NO2/c1-10-6-9-12-8-5-3-2-4-7-11/h10-11H,2-9H2,1H3. The third kappa shape index (κ3) is 9.88. The van der Waals surface area contributed by atoms with Gasteiger partial charge in [0, 0.05) is 19.8 Å². The molecule has 2 N–H and O–H groups in total. The zero-order chi connectivity index (χ0) is 9.07. The maximum absolute atomic E-state index is 8.50. The lowest BCUT2D eigenvalue weighted by molar-refractivity contribution is 0.132. The van der Waals surface area contributed by atoms with Crippen molar-refractivity contribution in [1.29, 1.82) is 0 Å². The summed E-state index contributed by atoms with van der Waals surface area (Å²) in [6.07, 6.45) is 4.33. The molecule has 0 rings (SSSR count). The van der Waals surface area contributed by atoms with Crippen molar-refractivity contribution in [3.05, 3.63) is 0 Å². The SMILES string of the molecule is CNCCOCCCCCCO. The Labute approximate surface area is 75.1 Å². The van der Waals surface area contributed by atoms with E-state index >= 15 is 0 Å². The molecule has 0 saturated heterocycles. The molecule has 0 spiro atoms. The Morgan fingerprint density at radius 3 is 2.50 bits per heavy atom. The van der Waals surface area contributed by atoms with E-state index < -0.39 is 0 Å². The number of hydrogen-bond acceptors (Lipinski definition) is 3. The number of unbranched alkanes of at least 4 members (excludes halogenated alkanes) is 3. The van der Waals surface area contributed by atoms with Gasteiger partial charge in [-0.1, -0.05) is 12.8 Å². The van der Waals surface area contributed by atoms with E-state index in [1.807, 2.05) is 7.05 Å². The van der Waals surface area contributed by atoms with E-state index in [-0.39, 0.29) is 0 Å². The fourth-order valence-corrected chi connectivity index (χ4v) is 0.946. The van der Waals surface area contributed by atoms with E-state index in [1.54, 1.807) is 0 Å².